The van der Waals surface area contributed by atoms with Crippen molar-refractivity contribution < 1.29 is 95.2 Å². The first-order valence-electron chi connectivity index (χ1n) is 18.6. The first kappa shape index (κ1) is 48.7. The molecule has 20 heteroatoms. The van der Waals surface area contributed by atoms with Gasteiger partial charge in [0, 0.05) is 60.8 Å². The van der Waals surface area contributed by atoms with E-state index in [0.717, 1.165) is 55.4 Å². The van der Waals surface area contributed by atoms with E-state index in [0.29, 0.717) is 25.7 Å². The highest BCUT2D eigenvalue weighted by molar-refractivity contribution is 5.70. The van der Waals surface area contributed by atoms with Crippen molar-refractivity contribution in [3.05, 3.63) is 0 Å². The molecule has 57 heavy (non-hydrogen) atoms. The van der Waals surface area contributed by atoms with Crippen LogP contribution in [0.2, 0.25) is 0 Å². The fourth-order valence-corrected chi connectivity index (χ4v) is 6.68. The SMILES string of the molecule is CCCC(CCC)(CO[C@@H]1O[C@H](COC(C)=O)[C@H](OC(C)=O)[C@H](OC(C)=O)[C@H]1OC(C)=O)CO[C@@H]1O[C@H](COC(C)=O)[C@H](OC(C)=O)[C@H](OC(C)=O)[C@H]1OC(C)=O. The van der Waals surface area contributed by atoms with E-state index in [9.17, 15) is 38.4 Å². The lowest BCUT2D eigenvalue weighted by Crippen LogP contribution is -2.63. The molecule has 0 spiro atoms. The summed E-state index contributed by atoms with van der Waals surface area (Å²) in [6.45, 7) is 11.5. The zero-order valence-electron chi connectivity index (χ0n) is 34.1. The largest absolute Gasteiger partial charge is 0.463 e. The van der Waals surface area contributed by atoms with Crippen molar-refractivity contribution in [1.82, 2.24) is 0 Å². The number of hydrogen-bond donors (Lipinski definition) is 0. The molecule has 2 aliphatic rings. The molecule has 0 saturated carbocycles. The van der Waals surface area contributed by atoms with Crippen LogP contribution in [-0.4, -0.2) is 136 Å². The maximum Gasteiger partial charge on any atom is 0.303 e. The van der Waals surface area contributed by atoms with E-state index in [1.54, 1.807) is 0 Å². The molecule has 2 heterocycles. The molecule has 0 N–H and O–H groups in total. The molecule has 0 bridgehead atoms. The highest BCUT2D eigenvalue weighted by Crippen LogP contribution is 2.37. The van der Waals surface area contributed by atoms with Crippen molar-refractivity contribution in [2.24, 2.45) is 5.41 Å². The van der Waals surface area contributed by atoms with Gasteiger partial charge in [0.1, 0.15) is 25.4 Å². The number of esters is 8. The van der Waals surface area contributed by atoms with Gasteiger partial charge in [0.15, 0.2) is 49.2 Å². The number of ether oxygens (including phenoxy) is 12. The fraction of sp³-hybridized carbons (Fsp3) is 0.784. The van der Waals surface area contributed by atoms with E-state index in [1.165, 1.54) is 0 Å². The summed E-state index contributed by atoms with van der Waals surface area (Å²) in [5, 5.41) is 0. The zero-order valence-corrected chi connectivity index (χ0v) is 34.1. The van der Waals surface area contributed by atoms with Gasteiger partial charge in [-0.3, -0.25) is 38.4 Å². The molecule has 324 valence electrons. The summed E-state index contributed by atoms with van der Waals surface area (Å²) < 4.78 is 68.3. The summed E-state index contributed by atoms with van der Waals surface area (Å²) in [6.07, 6.45) is -12.1. The predicted octanol–water partition coefficient (Wildman–Crippen LogP) is 1.77. The highest BCUT2D eigenvalue weighted by Gasteiger charge is 2.55. The van der Waals surface area contributed by atoms with Gasteiger partial charge in [0.05, 0.1) is 13.2 Å². The minimum atomic E-state index is -1.48. The van der Waals surface area contributed by atoms with Gasteiger partial charge in [0.25, 0.3) is 0 Å². The van der Waals surface area contributed by atoms with Crippen LogP contribution in [0.25, 0.3) is 0 Å². The molecule has 0 radical (unpaired) electrons. The second kappa shape index (κ2) is 23.1. The second-order valence-electron chi connectivity index (χ2n) is 13.8. The van der Waals surface area contributed by atoms with Crippen LogP contribution in [0.1, 0.15) is 94.9 Å². The van der Waals surface area contributed by atoms with E-state index in [4.69, 9.17) is 56.8 Å². The van der Waals surface area contributed by atoms with Crippen molar-refractivity contribution in [2.45, 2.75) is 156 Å². The van der Waals surface area contributed by atoms with Crippen LogP contribution in [-0.2, 0) is 95.2 Å². The Morgan fingerprint density at radius 1 is 0.421 bits per heavy atom. The summed E-state index contributed by atoms with van der Waals surface area (Å²) in [6, 6.07) is 0. The van der Waals surface area contributed by atoms with E-state index in [1.807, 2.05) is 13.8 Å². The number of rotatable bonds is 20. The Kier molecular flexibility index (Phi) is 19.8. The predicted molar refractivity (Wildman–Crippen MR) is 188 cm³/mol. The topological polar surface area (TPSA) is 247 Å². The molecule has 0 aliphatic carbocycles. The molecule has 0 aromatic rings. The van der Waals surface area contributed by atoms with Crippen LogP contribution in [0.3, 0.4) is 0 Å². The smallest absolute Gasteiger partial charge is 0.303 e. The van der Waals surface area contributed by atoms with Crippen LogP contribution < -0.4 is 0 Å². The molecule has 20 nitrogen and oxygen atoms in total. The maximum absolute atomic E-state index is 12.4. The van der Waals surface area contributed by atoms with Crippen molar-refractivity contribution in [3.8, 4) is 0 Å². The molecule has 2 rings (SSSR count). The second-order valence-corrected chi connectivity index (χ2v) is 13.8. The van der Waals surface area contributed by atoms with Crippen LogP contribution in [0, 0.1) is 5.41 Å². The molecule has 0 aromatic heterocycles. The Hall–Kier alpha value is -4.40. The fourth-order valence-electron chi connectivity index (χ4n) is 6.68. The van der Waals surface area contributed by atoms with Gasteiger partial charge in [-0.05, 0) is 12.8 Å². The molecular formula is C37H56O20. The molecule has 10 atom stereocenters. The molecule has 2 saturated heterocycles. The van der Waals surface area contributed by atoms with Crippen molar-refractivity contribution in [2.75, 3.05) is 26.4 Å². The Morgan fingerprint density at radius 3 is 0.965 bits per heavy atom. The minimum absolute atomic E-state index is 0.173. The Labute approximate surface area is 331 Å². The average molecular weight is 821 g/mol. The lowest BCUT2D eigenvalue weighted by molar-refractivity contribution is -0.323. The summed E-state index contributed by atoms with van der Waals surface area (Å²) in [7, 11) is 0. The monoisotopic (exact) mass is 820 g/mol. The molecule has 0 aromatic carbocycles. The van der Waals surface area contributed by atoms with Crippen LogP contribution >= 0.6 is 0 Å². The molecule has 2 fully saturated rings. The number of carbonyl (C=O) groups excluding carboxylic acids is 8. The maximum atomic E-state index is 12.4. The number of carbonyl (C=O) groups is 8. The van der Waals surface area contributed by atoms with Crippen LogP contribution in [0.15, 0.2) is 0 Å². The Morgan fingerprint density at radius 2 is 0.702 bits per heavy atom. The summed E-state index contributed by atoms with van der Waals surface area (Å²) in [5.74, 6) is -6.21. The molecule has 0 unspecified atom stereocenters. The van der Waals surface area contributed by atoms with Gasteiger partial charge in [-0.25, -0.2) is 0 Å². The van der Waals surface area contributed by atoms with Gasteiger partial charge in [-0.15, -0.1) is 0 Å². The van der Waals surface area contributed by atoms with Crippen molar-refractivity contribution in [1.29, 1.82) is 0 Å². The molecule has 2 aliphatic heterocycles. The third-order valence-electron chi connectivity index (χ3n) is 8.56. The van der Waals surface area contributed by atoms with E-state index in [-0.39, 0.29) is 13.2 Å². The normalized spacial score (nSPS) is 27.2. The highest BCUT2D eigenvalue weighted by atomic mass is 16.8. The van der Waals surface area contributed by atoms with Crippen LogP contribution in [0.5, 0.6) is 0 Å². The molecule has 0 amide bonds. The molecular weight excluding hydrogens is 764 g/mol. The third kappa shape index (κ3) is 15.8. The van der Waals surface area contributed by atoms with Crippen molar-refractivity contribution in [3.63, 3.8) is 0 Å². The summed E-state index contributed by atoms with van der Waals surface area (Å²) in [4.78, 5) is 97.3. The average Bonchev–Trinajstić information content (AvgIpc) is 3.08. The lowest BCUT2D eigenvalue weighted by atomic mass is 9.80. The summed E-state index contributed by atoms with van der Waals surface area (Å²) in [5.41, 5.74) is -0.901. The van der Waals surface area contributed by atoms with Gasteiger partial charge < -0.3 is 56.8 Å². The zero-order chi connectivity index (χ0) is 43.0. The van der Waals surface area contributed by atoms with Gasteiger partial charge in [-0.2, -0.15) is 0 Å². The van der Waals surface area contributed by atoms with E-state index in [2.05, 4.69) is 0 Å². The Bertz CT molecular complexity index is 1310. The third-order valence-corrected chi connectivity index (χ3v) is 8.56. The standard InChI is InChI=1S/C37H56O20/c1-11-13-37(14-12-2,17-48-35-33(54-25(9)44)31(52-23(7)42)29(50-21(5)40)27(56-35)15-46-19(3)38)18-49-36-34(55-26(10)45)32(53-24(8)43)30(51-22(6)41)28(57-36)16-47-20(4)39/h27-36H,11-18H2,1-10H3/t27-,28-,29+,30+,31+,32+,33-,34-,35-,36-/m1/s1. The Balaban J connectivity index is 2.59. The van der Waals surface area contributed by atoms with E-state index < -0.39 is 128 Å². The first-order valence-corrected chi connectivity index (χ1v) is 18.6. The lowest BCUT2D eigenvalue weighted by Gasteiger charge is -2.46. The van der Waals surface area contributed by atoms with Gasteiger partial charge in [-0.1, -0.05) is 26.7 Å². The van der Waals surface area contributed by atoms with Gasteiger partial charge >= 0.3 is 47.8 Å². The summed E-state index contributed by atoms with van der Waals surface area (Å²) >= 11 is 0. The van der Waals surface area contributed by atoms with Gasteiger partial charge in [0.2, 0.25) is 0 Å². The minimum Gasteiger partial charge on any atom is -0.463 e. The number of hydrogen-bond acceptors (Lipinski definition) is 20. The van der Waals surface area contributed by atoms with E-state index >= 15 is 0 Å². The van der Waals surface area contributed by atoms with Crippen LogP contribution in [0.4, 0.5) is 0 Å². The quantitative estimate of drug-likeness (QED) is 0.125. The first-order chi connectivity index (χ1) is 26.7. The van der Waals surface area contributed by atoms with Crippen molar-refractivity contribution >= 4 is 47.8 Å².